The zero-order valence-corrected chi connectivity index (χ0v) is 7.31. The lowest BCUT2D eigenvalue weighted by Crippen LogP contribution is -2.62. The van der Waals surface area contributed by atoms with E-state index in [2.05, 4.69) is 10.3 Å². The summed E-state index contributed by atoms with van der Waals surface area (Å²) >= 11 is 0. The van der Waals surface area contributed by atoms with E-state index in [0.717, 1.165) is 25.8 Å². The van der Waals surface area contributed by atoms with Crippen LogP contribution in [0.3, 0.4) is 0 Å². The number of nitrogens with one attached hydrogen (secondary N) is 2. The van der Waals surface area contributed by atoms with Crippen molar-refractivity contribution in [2.75, 3.05) is 13.6 Å². The Morgan fingerprint density at radius 3 is 2.82 bits per heavy atom. The molecule has 3 heteroatoms. The zero-order chi connectivity index (χ0) is 8.53. The van der Waals surface area contributed by atoms with Crippen molar-refractivity contribution >= 4 is 12.1 Å². The molecule has 0 aromatic heterocycles. The normalized spacial score (nSPS) is 10.4. The zero-order valence-electron chi connectivity index (χ0n) is 7.31. The molecule has 0 saturated heterocycles. The molecule has 0 unspecified atom stereocenters. The Morgan fingerprint density at radius 2 is 2.27 bits per heavy atom. The van der Waals surface area contributed by atoms with Gasteiger partial charge in [0, 0.05) is 19.9 Å². The van der Waals surface area contributed by atoms with Crippen LogP contribution < -0.4 is 10.3 Å². The molecule has 0 atom stereocenters. The molecule has 0 fully saturated rings. The summed E-state index contributed by atoms with van der Waals surface area (Å²) in [6, 6.07) is 0. The van der Waals surface area contributed by atoms with Crippen LogP contribution in [0.25, 0.3) is 0 Å². The molecule has 64 valence electrons. The third-order valence-electron chi connectivity index (χ3n) is 1.35. The predicted octanol–water partition coefficient (Wildman–Crippen LogP) is -0.926. The quantitative estimate of drug-likeness (QED) is 0.304. The second-order valence-corrected chi connectivity index (χ2v) is 2.47. The molecule has 0 heterocycles. The van der Waals surface area contributed by atoms with Gasteiger partial charge >= 0.3 is 0 Å². The van der Waals surface area contributed by atoms with Crippen LogP contribution in [-0.2, 0) is 4.79 Å². The summed E-state index contributed by atoms with van der Waals surface area (Å²) in [5.74, 6) is 0.0580. The van der Waals surface area contributed by atoms with Gasteiger partial charge in [0.05, 0.1) is 0 Å². The monoisotopic (exact) mass is 159 g/mol. The number of carbonyl (C=O) groups is 1. The lowest BCUT2D eigenvalue weighted by atomic mass is 10.2. The van der Waals surface area contributed by atoms with Gasteiger partial charge in [-0.3, -0.25) is 9.79 Å². The fourth-order valence-corrected chi connectivity index (χ4v) is 0.780. The largest absolute Gasteiger partial charge is 0.356 e. The van der Waals surface area contributed by atoms with Crippen LogP contribution in [0.2, 0.25) is 0 Å². The van der Waals surface area contributed by atoms with Crippen LogP contribution in [0, 0.1) is 0 Å². The van der Waals surface area contributed by atoms with Crippen LogP contribution in [0.1, 0.15) is 26.2 Å². The Labute approximate surface area is 67.9 Å². The van der Waals surface area contributed by atoms with E-state index in [0.29, 0.717) is 0 Å². The summed E-state index contributed by atoms with van der Waals surface area (Å²) in [5, 5.41) is 2.75. The van der Waals surface area contributed by atoms with E-state index in [4.69, 9.17) is 0 Å². The molecular weight excluding hydrogens is 142 g/mol. The van der Waals surface area contributed by atoms with Gasteiger partial charge in [0.15, 0.2) is 0 Å². The first-order valence-corrected chi connectivity index (χ1v) is 4.00. The second-order valence-electron chi connectivity index (χ2n) is 2.47. The molecule has 3 nitrogen and oxygen atoms in total. The highest BCUT2D eigenvalue weighted by Crippen LogP contribution is 1.88. The molecule has 0 aliphatic heterocycles. The van der Waals surface area contributed by atoms with Gasteiger partial charge in [-0.05, 0) is 12.8 Å². The minimum absolute atomic E-state index is 0.0580. The van der Waals surface area contributed by atoms with Crippen molar-refractivity contribution in [2.24, 2.45) is 0 Å². The van der Waals surface area contributed by atoms with Gasteiger partial charge in [0.25, 0.3) is 0 Å². The topological polar surface area (TPSA) is 43.1 Å². The maximum atomic E-state index is 10.4. The number of amides is 1. The highest BCUT2D eigenvalue weighted by molar-refractivity contribution is 5.72. The van der Waals surface area contributed by atoms with Crippen LogP contribution in [0.5, 0.6) is 0 Å². The molecule has 0 spiro atoms. The summed E-state index contributed by atoms with van der Waals surface area (Å²) in [6.07, 6.45) is 5.27. The number of unbranched alkanes of at least 4 members (excludes halogenated alkanes) is 2. The molecule has 0 aromatic rings. The molecule has 0 saturated carbocycles. The van der Waals surface area contributed by atoms with E-state index in [-0.39, 0.29) is 5.91 Å². The molecular formula is C8H17N2O+. The van der Waals surface area contributed by atoms with Crippen LogP contribution in [-0.4, -0.2) is 25.7 Å². The molecule has 0 radical (unpaired) electrons. The van der Waals surface area contributed by atoms with E-state index in [1.54, 1.807) is 6.92 Å². The summed E-state index contributed by atoms with van der Waals surface area (Å²) in [4.78, 5) is 13.4. The molecule has 0 rings (SSSR count). The van der Waals surface area contributed by atoms with E-state index in [9.17, 15) is 4.79 Å². The lowest BCUT2D eigenvalue weighted by Gasteiger charge is -1.98. The maximum Gasteiger partial charge on any atom is 0.216 e. The minimum atomic E-state index is 0.0580. The average Bonchev–Trinajstić information content (AvgIpc) is 1.96. The molecule has 0 aliphatic carbocycles. The summed E-state index contributed by atoms with van der Waals surface area (Å²) in [5.41, 5.74) is 0. The smallest absolute Gasteiger partial charge is 0.216 e. The number of hydrogen-bond donors (Lipinski definition) is 2. The highest BCUT2D eigenvalue weighted by Gasteiger charge is 1.90. The number of carbonyl (C=O) groups excluding carboxylic acids is 1. The Morgan fingerprint density at radius 1 is 1.55 bits per heavy atom. The van der Waals surface area contributed by atoms with E-state index in [1.165, 1.54) is 0 Å². The van der Waals surface area contributed by atoms with Crippen molar-refractivity contribution < 1.29 is 9.79 Å². The Bertz CT molecular complexity index is 132. The van der Waals surface area contributed by atoms with Gasteiger partial charge in [-0.15, -0.1) is 0 Å². The molecule has 0 aliphatic rings. The van der Waals surface area contributed by atoms with Crippen molar-refractivity contribution in [1.82, 2.24) is 5.32 Å². The SMILES string of the molecule is C[13C](=O)NCCCCC=[NH+][13CH3]. The van der Waals surface area contributed by atoms with Gasteiger partial charge in [-0.2, -0.15) is 0 Å². The van der Waals surface area contributed by atoms with E-state index < -0.39 is 0 Å². The van der Waals surface area contributed by atoms with Crippen molar-refractivity contribution in [3.63, 3.8) is 0 Å². The van der Waals surface area contributed by atoms with Crippen molar-refractivity contribution in [2.45, 2.75) is 26.2 Å². The minimum Gasteiger partial charge on any atom is -0.356 e. The fraction of sp³-hybridized carbons (Fsp3) is 0.750. The second kappa shape index (κ2) is 7.25. The molecule has 1 amide bonds. The van der Waals surface area contributed by atoms with Crippen LogP contribution in [0.15, 0.2) is 0 Å². The maximum absolute atomic E-state index is 10.4. The van der Waals surface area contributed by atoms with E-state index in [1.807, 2.05) is 13.3 Å². The van der Waals surface area contributed by atoms with Gasteiger partial charge in [0.1, 0.15) is 13.3 Å². The molecule has 2 N–H and O–H groups in total. The van der Waals surface area contributed by atoms with Crippen molar-refractivity contribution in [3.05, 3.63) is 0 Å². The Balaban J connectivity index is 2.96. The van der Waals surface area contributed by atoms with Gasteiger partial charge in [-0.25, -0.2) is 0 Å². The fourth-order valence-electron chi connectivity index (χ4n) is 0.780. The van der Waals surface area contributed by atoms with Crippen molar-refractivity contribution in [1.29, 1.82) is 0 Å². The summed E-state index contributed by atoms with van der Waals surface area (Å²) in [7, 11) is 1.90. The Hall–Kier alpha value is -0.860. The van der Waals surface area contributed by atoms with E-state index >= 15 is 0 Å². The first-order valence-electron chi connectivity index (χ1n) is 4.00. The average molecular weight is 159 g/mol. The van der Waals surface area contributed by atoms with Crippen molar-refractivity contribution in [3.8, 4) is 0 Å². The standard InChI is InChI=1S/C8H16N2O/c1-8(11)10-7-5-3-4-6-9-2/h6H,3-5,7H2,1-2H3,(H,10,11)/p+1/i2+1,8+1. The first-order chi connectivity index (χ1) is 5.27. The van der Waals surface area contributed by atoms with Gasteiger partial charge in [0.2, 0.25) is 5.91 Å². The highest BCUT2D eigenvalue weighted by atomic mass is 16.2. The molecule has 0 bridgehead atoms. The van der Waals surface area contributed by atoms with Crippen LogP contribution >= 0.6 is 0 Å². The number of rotatable bonds is 5. The lowest BCUT2D eigenvalue weighted by molar-refractivity contribution is -0.415. The molecule has 0 aromatic carbocycles. The van der Waals surface area contributed by atoms with Gasteiger partial charge < -0.3 is 5.32 Å². The predicted molar refractivity (Wildman–Crippen MR) is 45.5 cm³/mol. The third-order valence-corrected chi connectivity index (χ3v) is 1.35. The number of hydrogen-bond acceptors (Lipinski definition) is 1. The van der Waals surface area contributed by atoms with Crippen LogP contribution in [0.4, 0.5) is 0 Å². The van der Waals surface area contributed by atoms with Gasteiger partial charge in [-0.1, -0.05) is 0 Å². The summed E-state index contributed by atoms with van der Waals surface area (Å²) < 4.78 is 0. The summed E-state index contributed by atoms with van der Waals surface area (Å²) in [6.45, 7) is 2.34. The third kappa shape index (κ3) is 9.14. The molecule has 11 heavy (non-hydrogen) atoms. The Kier molecular flexibility index (Phi) is 6.68. The first kappa shape index (κ1) is 10.1.